The van der Waals surface area contributed by atoms with E-state index in [2.05, 4.69) is 10.1 Å². The lowest BCUT2D eigenvalue weighted by Crippen LogP contribution is -2.52. The number of nitrogens with zero attached hydrogens (tertiary/aromatic N) is 4. The van der Waals surface area contributed by atoms with Gasteiger partial charge in [0.1, 0.15) is 5.75 Å². The normalized spacial score (nSPS) is 18.6. The van der Waals surface area contributed by atoms with Crippen LogP contribution >= 0.6 is 0 Å². The average molecular weight is 427 g/mol. The highest BCUT2D eigenvalue weighted by Gasteiger charge is 2.31. The molecule has 2 aromatic rings. The summed E-state index contributed by atoms with van der Waals surface area (Å²) in [6, 6.07) is 7.65. The molecule has 166 valence electrons. The molecule has 1 aromatic heterocycles. The molecule has 1 atom stereocenters. The Morgan fingerprint density at radius 3 is 2.87 bits per heavy atom. The number of hydrogen-bond acceptors (Lipinski definition) is 6. The smallest absolute Gasteiger partial charge is 0.260 e. The Morgan fingerprint density at radius 1 is 1.29 bits per heavy atom. The van der Waals surface area contributed by atoms with Gasteiger partial charge in [-0.1, -0.05) is 17.3 Å². The molecule has 0 N–H and O–H groups in total. The Hall–Kier alpha value is -2.90. The van der Waals surface area contributed by atoms with Crippen molar-refractivity contribution < 1.29 is 18.8 Å². The Morgan fingerprint density at radius 2 is 2.13 bits per heavy atom. The van der Waals surface area contributed by atoms with Crippen molar-refractivity contribution in [3.63, 3.8) is 0 Å². The Labute approximate surface area is 182 Å². The number of likely N-dealkylation sites (tertiary alicyclic amines) is 1. The van der Waals surface area contributed by atoms with E-state index in [0.29, 0.717) is 49.4 Å². The summed E-state index contributed by atoms with van der Waals surface area (Å²) in [5, 5.41) is 4.05. The molecule has 1 saturated carbocycles. The van der Waals surface area contributed by atoms with Crippen molar-refractivity contribution in [2.75, 3.05) is 26.2 Å². The Bertz CT molecular complexity index is 924. The summed E-state index contributed by atoms with van der Waals surface area (Å²) >= 11 is 0. The van der Waals surface area contributed by atoms with E-state index in [1.807, 2.05) is 36.1 Å². The standard InChI is InChI=1S/C23H30N4O4/c1-16-5-3-7-20(13-16)30-15-22(29)26-11-4-6-19(14-26)27(17(2)28)12-10-21-24-23(31-25-21)18-8-9-18/h3,5,7,13,18-19H,4,6,8-12,14-15H2,1-2H3. The maximum atomic E-state index is 12.7. The highest BCUT2D eigenvalue weighted by molar-refractivity contribution is 5.78. The van der Waals surface area contributed by atoms with E-state index in [-0.39, 0.29) is 24.5 Å². The molecule has 0 bridgehead atoms. The third kappa shape index (κ3) is 5.62. The van der Waals surface area contributed by atoms with Gasteiger partial charge in [-0.05, 0) is 50.3 Å². The van der Waals surface area contributed by atoms with Gasteiger partial charge in [0.05, 0.1) is 0 Å². The number of ether oxygens (including phenoxy) is 1. The van der Waals surface area contributed by atoms with Crippen molar-refractivity contribution in [3.8, 4) is 5.75 Å². The number of aromatic nitrogens is 2. The van der Waals surface area contributed by atoms with E-state index >= 15 is 0 Å². The number of carbonyl (C=O) groups is 2. The summed E-state index contributed by atoms with van der Waals surface area (Å²) < 4.78 is 11.0. The second kappa shape index (κ2) is 9.49. The van der Waals surface area contributed by atoms with Crippen LogP contribution in [0.2, 0.25) is 0 Å². The Kier molecular flexibility index (Phi) is 6.53. The largest absolute Gasteiger partial charge is 0.484 e. The van der Waals surface area contributed by atoms with Crippen LogP contribution in [-0.4, -0.2) is 64.0 Å². The predicted octanol–water partition coefficient (Wildman–Crippen LogP) is 2.72. The first-order chi connectivity index (χ1) is 15.0. The van der Waals surface area contributed by atoms with Crippen LogP contribution in [-0.2, 0) is 16.0 Å². The van der Waals surface area contributed by atoms with E-state index in [0.717, 1.165) is 31.2 Å². The van der Waals surface area contributed by atoms with Gasteiger partial charge in [-0.25, -0.2) is 0 Å². The molecule has 8 heteroatoms. The summed E-state index contributed by atoms with van der Waals surface area (Å²) in [6.07, 6.45) is 4.51. The van der Waals surface area contributed by atoms with Gasteiger partial charge in [-0.2, -0.15) is 4.98 Å². The van der Waals surface area contributed by atoms with Crippen LogP contribution in [0.1, 0.15) is 55.8 Å². The van der Waals surface area contributed by atoms with Crippen molar-refractivity contribution in [2.45, 2.75) is 57.9 Å². The summed E-state index contributed by atoms with van der Waals surface area (Å²) in [6.45, 7) is 5.30. The third-order valence-corrected chi connectivity index (χ3v) is 5.93. The fourth-order valence-electron chi connectivity index (χ4n) is 4.06. The monoisotopic (exact) mass is 426 g/mol. The maximum Gasteiger partial charge on any atom is 0.260 e. The Balaban J connectivity index is 1.31. The first-order valence-electron chi connectivity index (χ1n) is 11.1. The lowest BCUT2D eigenvalue weighted by atomic mass is 10.0. The van der Waals surface area contributed by atoms with Crippen LogP contribution < -0.4 is 4.74 Å². The molecule has 1 unspecified atom stereocenters. The molecule has 4 rings (SSSR count). The molecule has 2 aliphatic rings. The minimum absolute atomic E-state index is 0.00113. The van der Waals surface area contributed by atoms with Gasteiger partial charge >= 0.3 is 0 Å². The van der Waals surface area contributed by atoms with E-state index in [1.54, 1.807) is 11.8 Å². The van der Waals surface area contributed by atoms with Gasteiger partial charge in [0.25, 0.3) is 5.91 Å². The number of hydrogen-bond donors (Lipinski definition) is 0. The van der Waals surface area contributed by atoms with E-state index in [9.17, 15) is 9.59 Å². The molecule has 2 fully saturated rings. The number of amides is 2. The van der Waals surface area contributed by atoms with Crippen LogP contribution in [0.5, 0.6) is 5.75 Å². The molecule has 2 heterocycles. The van der Waals surface area contributed by atoms with Gasteiger partial charge in [-0.15, -0.1) is 0 Å². The van der Waals surface area contributed by atoms with Gasteiger partial charge in [0.2, 0.25) is 11.8 Å². The lowest BCUT2D eigenvalue weighted by Gasteiger charge is -2.39. The van der Waals surface area contributed by atoms with Crippen LogP contribution in [0, 0.1) is 6.92 Å². The molecule has 1 aromatic carbocycles. The highest BCUT2D eigenvalue weighted by Crippen LogP contribution is 2.38. The van der Waals surface area contributed by atoms with E-state index < -0.39 is 0 Å². The van der Waals surface area contributed by atoms with Crippen molar-refractivity contribution >= 4 is 11.8 Å². The van der Waals surface area contributed by atoms with Gasteiger partial charge < -0.3 is 19.1 Å². The highest BCUT2D eigenvalue weighted by atomic mass is 16.5. The number of carbonyl (C=O) groups excluding carboxylic acids is 2. The molecule has 31 heavy (non-hydrogen) atoms. The number of benzene rings is 1. The SMILES string of the molecule is CC(=O)N(CCc1noc(C2CC2)n1)C1CCCN(C(=O)COc2cccc(C)c2)C1. The molecule has 2 amide bonds. The zero-order valence-corrected chi connectivity index (χ0v) is 18.2. The van der Waals surface area contributed by atoms with Crippen LogP contribution in [0.15, 0.2) is 28.8 Å². The molecule has 0 spiro atoms. The maximum absolute atomic E-state index is 12.7. The van der Waals surface area contributed by atoms with Crippen LogP contribution in [0.3, 0.4) is 0 Å². The molecular weight excluding hydrogens is 396 g/mol. The second-order valence-electron chi connectivity index (χ2n) is 8.53. The molecule has 0 radical (unpaired) electrons. The fraction of sp³-hybridized carbons (Fsp3) is 0.565. The number of rotatable bonds is 8. The van der Waals surface area contributed by atoms with Crippen LogP contribution in [0.25, 0.3) is 0 Å². The van der Waals surface area contributed by atoms with Gasteiger partial charge in [-0.3, -0.25) is 9.59 Å². The fourth-order valence-corrected chi connectivity index (χ4v) is 4.06. The second-order valence-corrected chi connectivity index (χ2v) is 8.53. The van der Waals surface area contributed by atoms with Crippen molar-refractivity contribution in [1.82, 2.24) is 19.9 Å². The quantitative estimate of drug-likeness (QED) is 0.645. The van der Waals surface area contributed by atoms with Gasteiger partial charge in [0, 0.05) is 44.9 Å². The number of aryl methyl sites for hydroxylation is 1. The zero-order valence-electron chi connectivity index (χ0n) is 18.2. The first-order valence-corrected chi connectivity index (χ1v) is 11.1. The minimum atomic E-state index is -0.0537. The number of piperidine rings is 1. The van der Waals surface area contributed by atoms with Crippen molar-refractivity contribution in [2.24, 2.45) is 0 Å². The predicted molar refractivity (Wildman–Crippen MR) is 114 cm³/mol. The van der Waals surface area contributed by atoms with E-state index in [1.165, 1.54) is 0 Å². The van der Waals surface area contributed by atoms with Crippen LogP contribution in [0.4, 0.5) is 0 Å². The summed E-state index contributed by atoms with van der Waals surface area (Å²) in [7, 11) is 0. The van der Waals surface area contributed by atoms with E-state index in [4.69, 9.17) is 9.26 Å². The van der Waals surface area contributed by atoms with Gasteiger partial charge in [0.15, 0.2) is 12.4 Å². The zero-order chi connectivity index (χ0) is 21.8. The molecule has 1 saturated heterocycles. The molecular formula is C23H30N4O4. The molecule has 1 aliphatic carbocycles. The lowest BCUT2D eigenvalue weighted by molar-refractivity contribution is -0.139. The minimum Gasteiger partial charge on any atom is -0.484 e. The van der Waals surface area contributed by atoms with Crippen molar-refractivity contribution in [3.05, 3.63) is 41.5 Å². The summed E-state index contributed by atoms with van der Waals surface area (Å²) in [4.78, 5) is 33.2. The van der Waals surface area contributed by atoms with Crippen molar-refractivity contribution in [1.29, 1.82) is 0 Å². The summed E-state index contributed by atoms with van der Waals surface area (Å²) in [5.74, 6) is 2.42. The average Bonchev–Trinajstić information content (AvgIpc) is 3.50. The topological polar surface area (TPSA) is 88.8 Å². The first kappa shape index (κ1) is 21.3. The molecule has 1 aliphatic heterocycles. The molecule has 8 nitrogen and oxygen atoms in total. The third-order valence-electron chi connectivity index (χ3n) is 5.93. The summed E-state index contributed by atoms with van der Waals surface area (Å²) in [5.41, 5.74) is 1.09.